The molecule has 0 bridgehead atoms. The molecule has 0 aromatic heterocycles. The van der Waals surface area contributed by atoms with E-state index in [0.717, 1.165) is 37.6 Å². The highest BCUT2D eigenvalue weighted by Gasteiger charge is 2.21. The number of aliphatic hydroxyl groups excluding tert-OH is 1. The van der Waals surface area contributed by atoms with Crippen molar-refractivity contribution in [1.29, 1.82) is 5.26 Å². The highest BCUT2D eigenvalue weighted by Crippen LogP contribution is 2.21. The van der Waals surface area contributed by atoms with Crippen molar-refractivity contribution in [3.63, 3.8) is 0 Å². The molecule has 130 valence electrons. The van der Waals surface area contributed by atoms with Crippen LogP contribution >= 0.6 is 0 Å². The van der Waals surface area contributed by atoms with Crippen LogP contribution in [0, 0.1) is 11.3 Å². The van der Waals surface area contributed by atoms with Gasteiger partial charge in [-0.05, 0) is 24.3 Å². The quantitative estimate of drug-likeness (QED) is 0.875. The molecular weight excluding hydrogens is 314 g/mol. The summed E-state index contributed by atoms with van der Waals surface area (Å²) in [7, 11) is 0. The summed E-state index contributed by atoms with van der Waals surface area (Å²) in [5.41, 5.74) is 1.71. The van der Waals surface area contributed by atoms with Gasteiger partial charge in [-0.1, -0.05) is 30.3 Å². The van der Waals surface area contributed by atoms with Crippen molar-refractivity contribution in [2.24, 2.45) is 0 Å². The van der Waals surface area contributed by atoms with Crippen molar-refractivity contribution in [3.8, 4) is 11.8 Å². The van der Waals surface area contributed by atoms with Crippen molar-refractivity contribution >= 4 is 5.69 Å². The highest BCUT2D eigenvalue weighted by molar-refractivity contribution is 5.59. The van der Waals surface area contributed by atoms with Crippen molar-refractivity contribution in [1.82, 2.24) is 4.90 Å². The van der Waals surface area contributed by atoms with Crippen LogP contribution in [-0.2, 0) is 0 Å². The van der Waals surface area contributed by atoms with Gasteiger partial charge in [0.15, 0.2) is 0 Å². The number of anilines is 1. The van der Waals surface area contributed by atoms with Gasteiger partial charge in [-0.15, -0.1) is 0 Å². The zero-order valence-corrected chi connectivity index (χ0v) is 14.2. The van der Waals surface area contributed by atoms with Crippen LogP contribution in [0.4, 0.5) is 5.69 Å². The van der Waals surface area contributed by atoms with E-state index in [4.69, 9.17) is 4.74 Å². The Kier molecular flexibility index (Phi) is 5.89. The molecule has 2 aromatic rings. The van der Waals surface area contributed by atoms with Crippen LogP contribution in [0.3, 0.4) is 0 Å². The lowest BCUT2D eigenvalue weighted by molar-refractivity contribution is 0.0663. The minimum absolute atomic E-state index is 0.293. The lowest BCUT2D eigenvalue weighted by atomic mass is 10.1. The molecule has 0 aliphatic carbocycles. The number of rotatable bonds is 6. The first-order valence-corrected chi connectivity index (χ1v) is 8.58. The average molecular weight is 337 g/mol. The fourth-order valence-electron chi connectivity index (χ4n) is 3.08. The lowest BCUT2D eigenvalue weighted by Crippen LogP contribution is -2.49. The smallest absolute Gasteiger partial charge is 0.119 e. The summed E-state index contributed by atoms with van der Waals surface area (Å²) >= 11 is 0. The standard InChI is InChI=1S/C20H23N3O2/c21-14-17-6-4-5-9-20(17)23-12-10-22(11-13-23)15-18(24)16-25-19-7-2-1-3-8-19/h1-9,18,24H,10-13,15-16H2. The molecule has 1 aliphatic rings. The Morgan fingerprint density at radius 1 is 1.00 bits per heavy atom. The lowest BCUT2D eigenvalue weighted by Gasteiger charge is -2.37. The van der Waals surface area contributed by atoms with E-state index >= 15 is 0 Å². The molecule has 25 heavy (non-hydrogen) atoms. The second-order valence-electron chi connectivity index (χ2n) is 6.19. The minimum Gasteiger partial charge on any atom is -0.491 e. The SMILES string of the molecule is N#Cc1ccccc1N1CCN(CC(O)COc2ccccc2)CC1. The molecule has 0 amide bonds. The number of benzene rings is 2. The van der Waals surface area contributed by atoms with E-state index < -0.39 is 6.10 Å². The Morgan fingerprint density at radius 2 is 1.68 bits per heavy atom. The van der Waals surface area contributed by atoms with Gasteiger partial charge in [-0.2, -0.15) is 5.26 Å². The topological polar surface area (TPSA) is 59.7 Å². The maximum atomic E-state index is 10.2. The van der Waals surface area contributed by atoms with Gasteiger partial charge in [0, 0.05) is 32.7 Å². The van der Waals surface area contributed by atoms with E-state index in [2.05, 4.69) is 15.9 Å². The van der Waals surface area contributed by atoms with E-state index in [1.807, 2.05) is 54.6 Å². The first-order chi connectivity index (χ1) is 12.3. The third kappa shape index (κ3) is 4.72. The maximum Gasteiger partial charge on any atom is 0.119 e. The zero-order chi connectivity index (χ0) is 17.5. The van der Waals surface area contributed by atoms with Gasteiger partial charge in [-0.3, -0.25) is 4.90 Å². The number of β-amino-alcohol motifs (C(OH)–C–C–N with tert-alkyl or cyclic N) is 1. The molecule has 1 unspecified atom stereocenters. The molecule has 0 saturated carbocycles. The molecule has 0 spiro atoms. The zero-order valence-electron chi connectivity index (χ0n) is 14.2. The Bertz CT molecular complexity index is 706. The third-order valence-electron chi connectivity index (χ3n) is 4.39. The second kappa shape index (κ2) is 8.52. The average Bonchev–Trinajstić information content (AvgIpc) is 2.68. The molecule has 0 radical (unpaired) electrons. The molecule has 5 heteroatoms. The Morgan fingerprint density at radius 3 is 2.40 bits per heavy atom. The van der Waals surface area contributed by atoms with Crippen LogP contribution in [0.15, 0.2) is 54.6 Å². The number of hydrogen-bond acceptors (Lipinski definition) is 5. The molecule has 1 fully saturated rings. The fourth-order valence-corrected chi connectivity index (χ4v) is 3.08. The van der Waals surface area contributed by atoms with Gasteiger partial charge < -0.3 is 14.7 Å². The summed E-state index contributed by atoms with van der Waals surface area (Å²) in [5, 5.41) is 19.4. The van der Waals surface area contributed by atoms with E-state index in [9.17, 15) is 10.4 Å². The molecule has 1 saturated heterocycles. The van der Waals surface area contributed by atoms with Crippen molar-refractivity contribution < 1.29 is 9.84 Å². The van der Waals surface area contributed by atoms with Gasteiger partial charge in [-0.25, -0.2) is 0 Å². The molecule has 3 rings (SSSR count). The second-order valence-corrected chi connectivity index (χ2v) is 6.19. The summed E-state index contributed by atoms with van der Waals surface area (Å²) in [6.45, 7) is 4.32. The first kappa shape index (κ1) is 17.3. The predicted octanol–water partition coefficient (Wildman–Crippen LogP) is 2.12. The molecule has 1 aliphatic heterocycles. The predicted molar refractivity (Wildman–Crippen MR) is 97.8 cm³/mol. The monoisotopic (exact) mass is 337 g/mol. The number of hydrogen-bond donors (Lipinski definition) is 1. The summed E-state index contributed by atoms with van der Waals surface area (Å²) in [5.74, 6) is 0.777. The van der Waals surface area contributed by atoms with E-state index in [1.165, 1.54) is 0 Å². The van der Waals surface area contributed by atoms with E-state index in [1.54, 1.807) is 0 Å². The van der Waals surface area contributed by atoms with E-state index in [0.29, 0.717) is 18.7 Å². The minimum atomic E-state index is -0.516. The summed E-state index contributed by atoms with van der Waals surface area (Å²) in [6, 6.07) is 19.5. The summed E-state index contributed by atoms with van der Waals surface area (Å²) in [6.07, 6.45) is -0.516. The van der Waals surface area contributed by atoms with Gasteiger partial charge in [0.25, 0.3) is 0 Å². The highest BCUT2D eigenvalue weighted by atomic mass is 16.5. The Hall–Kier alpha value is -2.55. The van der Waals surface area contributed by atoms with E-state index in [-0.39, 0.29) is 0 Å². The van der Waals surface area contributed by atoms with Gasteiger partial charge >= 0.3 is 0 Å². The molecule has 1 heterocycles. The number of piperazine rings is 1. The summed E-state index contributed by atoms with van der Waals surface area (Å²) < 4.78 is 5.61. The Balaban J connectivity index is 1.45. The largest absolute Gasteiger partial charge is 0.491 e. The van der Waals surface area contributed by atoms with Gasteiger partial charge in [0.1, 0.15) is 24.5 Å². The van der Waals surface area contributed by atoms with Crippen LogP contribution in [0.1, 0.15) is 5.56 Å². The number of para-hydroxylation sites is 2. The molecule has 2 aromatic carbocycles. The Labute approximate surface area is 148 Å². The number of aliphatic hydroxyl groups is 1. The van der Waals surface area contributed by atoms with Crippen LogP contribution in [0.25, 0.3) is 0 Å². The third-order valence-corrected chi connectivity index (χ3v) is 4.39. The molecule has 1 atom stereocenters. The molecular formula is C20H23N3O2. The normalized spacial score (nSPS) is 16.2. The van der Waals surface area contributed by atoms with Crippen LogP contribution in [0.5, 0.6) is 5.75 Å². The van der Waals surface area contributed by atoms with Gasteiger partial charge in [0.2, 0.25) is 0 Å². The van der Waals surface area contributed by atoms with Crippen LogP contribution < -0.4 is 9.64 Å². The number of nitriles is 1. The summed E-state index contributed by atoms with van der Waals surface area (Å²) in [4.78, 5) is 4.48. The van der Waals surface area contributed by atoms with Crippen LogP contribution in [-0.4, -0.2) is 55.4 Å². The van der Waals surface area contributed by atoms with Crippen LogP contribution in [0.2, 0.25) is 0 Å². The number of nitrogens with zero attached hydrogens (tertiary/aromatic N) is 3. The maximum absolute atomic E-state index is 10.2. The fraction of sp³-hybridized carbons (Fsp3) is 0.350. The van der Waals surface area contributed by atoms with Gasteiger partial charge in [0.05, 0.1) is 11.3 Å². The molecule has 1 N–H and O–H groups in total. The molecule has 5 nitrogen and oxygen atoms in total. The first-order valence-electron chi connectivity index (χ1n) is 8.58. The van der Waals surface area contributed by atoms with Crippen molar-refractivity contribution in [2.75, 3.05) is 44.2 Å². The number of ether oxygens (including phenoxy) is 1. The van der Waals surface area contributed by atoms with Crippen molar-refractivity contribution in [3.05, 3.63) is 60.2 Å². The van der Waals surface area contributed by atoms with Crippen molar-refractivity contribution in [2.45, 2.75) is 6.10 Å².